The van der Waals surface area contributed by atoms with Crippen LogP contribution in [-0.2, 0) is 0 Å². The molecule has 2 aliphatic rings. The maximum atomic E-state index is 10.7. The van der Waals surface area contributed by atoms with Crippen molar-refractivity contribution < 1.29 is 10.2 Å². The number of hydrogen-bond acceptors (Lipinski definition) is 2. The third-order valence-corrected chi connectivity index (χ3v) is 6.67. The van der Waals surface area contributed by atoms with Gasteiger partial charge in [-0.15, -0.1) is 0 Å². The first kappa shape index (κ1) is 16.3. The lowest BCUT2D eigenvalue weighted by molar-refractivity contribution is -0.0175. The summed E-state index contributed by atoms with van der Waals surface area (Å²) in [7, 11) is 0. The Labute approximate surface area is 125 Å². The number of fused-ring (bicyclic) bond motifs is 1. The van der Waals surface area contributed by atoms with Crippen molar-refractivity contribution in [1.82, 2.24) is 0 Å². The molecule has 0 aromatic rings. The number of aliphatic hydroxyl groups is 2. The van der Waals surface area contributed by atoms with Gasteiger partial charge in [-0.05, 0) is 42.4 Å². The zero-order valence-corrected chi connectivity index (χ0v) is 13.8. The second kappa shape index (κ2) is 6.79. The maximum Gasteiger partial charge on any atom is 0.0626 e. The van der Waals surface area contributed by atoms with Crippen molar-refractivity contribution in [3.63, 3.8) is 0 Å². The quantitative estimate of drug-likeness (QED) is 0.777. The summed E-state index contributed by atoms with van der Waals surface area (Å²) in [5.41, 5.74) is 0. The predicted octanol–water partition coefficient (Wildman–Crippen LogP) is 3.85. The van der Waals surface area contributed by atoms with Crippen molar-refractivity contribution >= 4 is 0 Å². The van der Waals surface area contributed by atoms with Crippen molar-refractivity contribution in [3.8, 4) is 0 Å². The SMILES string of the molecule is CCC(CC)[C@H]1CC2C[C@@H](C(CC)CC)C(O)C2C1O. The van der Waals surface area contributed by atoms with E-state index in [2.05, 4.69) is 27.7 Å². The first-order valence-electron chi connectivity index (χ1n) is 8.94. The van der Waals surface area contributed by atoms with Gasteiger partial charge in [0.05, 0.1) is 12.2 Å². The molecule has 0 spiro atoms. The van der Waals surface area contributed by atoms with Gasteiger partial charge in [-0.3, -0.25) is 0 Å². The van der Waals surface area contributed by atoms with Crippen LogP contribution >= 0.6 is 0 Å². The molecule has 2 saturated carbocycles. The van der Waals surface area contributed by atoms with Crippen LogP contribution in [0.3, 0.4) is 0 Å². The molecule has 2 N–H and O–H groups in total. The van der Waals surface area contributed by atoms with Crippen LogP contribution in [0.1, 0.15) is 66.2 Å². The highest BCUT2D eigenvalue weighted by Crippen LogP contribution is 2.54. The van der Waals surface area contributed by atoms with E-state index in [9.17, 15) is 10.2 Å². The lowest BCUT2D eigenvalue weighted by Crippen LogP contribution is -2.36. The lowest BCUT2D eigenvalue weighted by Gasteiger charge is -2.31. The summed E-state index contributed by atoms with van der Waals surface area (Å²) in [5.74, 6) is 2.85. The number of hydrogen-bond donors (Lipinski definition) is 2. The fourth-order valence-corrected chi connectivity index (χ4v) is 5.45. The summed E-state index contributed by atoms with van der Waals surface area (Å²) in [4.78, 5) is 0. The van der Waals surface area contributed by atoms with Crippen LogP contribution in [0.5, 0.6) is 0 Å². The topological polar surface area (TPSA) is 40.5 Å². The molecule has 0 aliphatic heterocycles. The summed E-state index contributed by atoms with van der Waals surface area (Å²) >= 11 is 0. The monoisotopic (exact) mass is 282 g/mol. The molecule has 0 bridgehead atoms. The molecule has 0 amide bonds. The minimum Gasteiger partial charge on any atom is -0.392 e. The van der Waals surface area contributed by atoms with Gasteiger partial charge in [0.25, 0.3) is 0 Å². The highest BCUT2D eigenvalue weighted by atomic mass is 16.3. The molecule has 0 aromatic heterocycles. The van der Waals surface area contributed by atoms with E-state index in [4.69, 9.17) is 0 Å². The third-order valence-electron chi connectivity index (χ3n) is 6.67. The van der Waals surface area contributed by atoms with Crippen LogP contribution in [0.4, 0.5) is 0 Å². The first-order valence-corrected chi connectivity index (χ1v) is 8.94. The third kappa shape index (κ3) is 2.66. The minimum atomic E-state index is -0.265. The van der Waals surface area contributed by atoms with Gasteiger partial charge < -0.3 is 10.2 Å². The molecule has 0 aromatic carbocycles. The van der Waals surface area contributed by atoms with Crippen LogP contribution < -0.4 is 0 Å². The number of aliphatic hydroxyl groups excluding tert-OH is 2. The van der Waals surface area contributed by atoms with Crippen molar-refractivity contribution in [2.24, 2.45) is 35.5 Å². The van der Waals surface area contributed by atoms with Crippen molar-refractivity contribution in [2.45, 2.75) is 78.4 Å². The molecule has 2 heteroatoms. The molecule has 118 valence electrons. The van der Waals surface area contributed by atoms with Gasteiger partial charge in [0.15, 0.2) is 0 Å². The van der Waals surface area contributed by atoms with E-state index in [-0.39, 0.29) is 18.1 Å². The van der Waals surface area contributed by atoms with E-state index < -0.39 is 0 Å². The molecule has 4 unspecified atom stereocenters. The molecular weight excluding hydrogens is 248 g/mol. The predicted molar refractivity (Wildman–Crippen MR) is 83.4 cm³/mol. The largest absolute Gasteiger partial charge is 0.392 e. The molecule has 20 heavy (non-hydrogen) atoms. The van der Waals surface area contributed by atoms with Crippen LogP contribution in [0.2, 0.25) is 0 Å². The van der Waals surface area contributed by atoms with Crippen LogP contribution in [0, 0.1) is 35.5 Å². The molecule has 2 aliphatic carbocycles. The fourth-order valence-electron chi connectivity index (χ4n) is 5.45. The Kier molecular flexibility index (Phi) is 5.53. The summed E-state index contributed by atoms with van der Waals surface area (Å²) < 4.78 is 0. The molecule has 2 rings (SSSR count). The van der Waals surface area contributed by atoms with E-state index >= 15 is 0 Å². The molecule has 0 saturated heterocycles. The lowest BCUT2D eigenvalue weighted by atomic mass is 9.78. The average Bonchev–Trinajstić information content (AvgIpc) is 2.93. The van der Waals surface area contributed by atoms with Gasteiger partial charge in [0.2, 0.25) is 0 Å². The van der Waals surface area contributed by atoms with Gasteiger partial charge >= 0.3 is 0 Å². The Morgan fingerprint density at radius 3 is 1.35 bits per heavy atom. The highest BCUT2D eigenvalue weighted by molar-refractivity contribution is 5.04. The van der Waals surface area contributed by atoms with Gasteiger partial charge in [-0.25, -0.2) is 0 Å². The molecule has 2 nitrogen and oxygen atoms in total. The molecule has 2 fully saturated rings. The van der Waals surface area contributed by atoms with Gasteiger partial charge in [-0.1, -0.05) is 53.4 Å². The Balaban J connectivity index is 2.07. The van der Waals surface area contributed by atoms with E-state index in [0.29, 0.717) is 29.6 Å². The smallest absolute Gasteiger partial charge is 0.0626 e. The second-order valence-corrected chi connectivity index (χ2v) is 7.27. The Morgan fingerprint density at radius 2 is 1.10 bits per heavy atom. The summed E-state index contributed by atoms with van der Waals surface area (Å²) in [6.45, 7) is 8.94. The zero-order chi connectivity index (χ0) is 14.9. The van der Waals surface area contributed by atoms with E-state index in [0.717, 1.165) is 38.5 Å². The van der Waals surface area contributed by atoms with Gasteiger partial charge in [-0.2, -0.15) is 0 Å². The van der Waals surface area contributed by atoms with Crippen LogP contribution in [0.15, 0.2) is 0 Å². The second-order valence-electron chi connectivity index (χ2n) is 7.27. The first-order chi connectivity index (χ1) is 9.58. The maximum absolute atomic E-state index is 10.7. The van der Waals surface area contributed by atoms with Crippen molar-refractivity contribution in [1.29, 1.82) is 0 Å². The van der Waals surface area contributed by atoms with E-state index in [1.807, 2.05) is 0 Å². The molecular formula is C18H34O2. The van der Waals surface area contributed by atoms with E-state index in [1.54, 1.807) is 0 Å². The Hall–Kier alpha value is -0.0800. The highest BCUT2D eigenvalue weighted by Gasteiger charge is 2.54. The van der Waals surface area contributed by atoms with Crippen LogP contribution in [-0.4, -0.2) is 22.4 Å². The number of rotatable bonds is 6. The van der Waals surface area contributed by atoms with Gasteiger partial charge in [0, 0.05) is 5.92 Å². The average molecular weight is 282 g/mol. The standard InChI is InChI=1S/C18H34O2/c1-5-11(6-2)14-9-13-10-15(12(7-3)8-4)18(20)16(13)17(14)19/h11-20H,5-10H2,1-4H3/t13?,14-,15+,16?,17?,18?. The summed E-state index contributed by atoms with van der Waals surface area (Å²) in [6, 6.07) is 0. The molecule has 6 atom stereocenters. The summed E-state index contributed by atoms with van der Waals surface area (Å²) in [5, 5.41) is 21.5. The minimum absolute atomic E-state index is 0.159. The van der Waals surface area contributed by atoms with Gasteiger partial charge in [0.1, 0.15) is 0 Å². The van der Waals surface area contributed by atoms with Crippen LogP contribution in [0.25, 0.3) is 0 Å². The normalized spacial score (nSPS) is 40.8. The fraction of sp³-hybridized carbons (Fsp3) is 1.00. The Morgan fingerprint density at radius 1 is 0.750 bits per heavy atom. The van der Waals surface area contributed by atoms with Crippen molar-refractivity contribution in [2.75, 3.05) is 0 Å². The summed E-state index contributed by atoms with van der Waals surface area (Å²) in [6.07, 6.45) is 6.39. The Bertz CT molecular complexity index is 268. The molecule has 0 heterocycles. The van der Waals surface area contributed by atoms with Crippen molar-refractivity contribution in [3.05, 3.63) is 0 Å². The van der Waals surface area contributed by atoms with E-state index in [1.165, 1.54) is 0 Å². The zero-order valence-electron chi connectivity index (χ0n) is 13.8. The molecule has 0 radical (unpaired) electrons.